The monoisotopic (exact) mass is 332 g/mol. The van der Waals surface area contributed by atoms with Gasteiger partial charge < -0.3 is 11.5 Å². The molecule has 1 atom stereocenters. The third-order valence-corrected chi connectivity index (χ3v) is 5.11. The van der Waals surface area contributed by atoms with Gasteiger partial charge in [-0.15, -0.1) is 0 Å². The lowest BCUT2D eigenvalue weighted by molar-refractivity contribution is 0.580. The zero-order valence-corrected chi connectivity index (χ0v) is 15.2. The Morgan fingerprint density at radius 3 is 1.92 bits per heavy atom. The molecule has 0 fully saturated rings. The van der Waals surface area contributed by atoms with Gasteiger partial charge in [-0.25, -0.2) is 0 Å². The van der Waals surface area contributed by atoms with E-state index in [0.717, 1.165) is 0 Å². The zero-order chi connectivity index (χ0) is 17.8. The van der Waals surface area contributed by atoms with Gasteiger partial charge in [-0.3, -0.25) is 0 Å². The number of allylic oxidation sites excluding steroid dienone is 4. The molecular formula is C23H28N2. The molecule has 1 unspecified atom stereocenters. The van der Waals surface area contributed by atoms with Crippen molar-refractivity contribution in [1.29, 1.82) is 0 Å². The Kier molecular flexibility index (Phi) is 5.52. The number of benzene rings is 2. The summed E-state index contributed by atoms with van der Waals surface area (Å²) in [5.41, 5.74) is 18.3. The van der Waals surface area contributed by atoms with Crippen LogP contribution in [-0.2, 0) is 13.1 Å². The van der Waals surface area contributed by atoms with E-state index in [4.69, 9.17) is 11.5 Å². The van der Waals surface area contributed by atoms with Crippen LogP contribution in [0.15, 0.2) is 72.3 Å². The van der Waals surface area contributed by atoms with Crippen LogP contribution in [0.2, 0.25) is 0 Å². The topological polar surface area (TPSA) is 52.0 Å². The minimum absolute atomic E-state index is 0.283. The molecule has 0 saturated heterocycles. The molecule has 4 N–H and O–H groups in total. The van der Waals surface area contributed by atoms with E-state index in [-0.39, 0.29) is 5.92 Å². The van der Waals surface area contributed by atoms with Crippen molar-refractivity contribution in [2.75, 3.05) is 0 Å². The smallest absolute Gasteiger partial charge is 0.0190 e. The quantitative estimate of drug-likeness (QED) is 0.818. The summed E-state index contributed by atoms with van der Waals surface area (Å²) in [6, 6.07) is 17.4. The van der Waals surface area contributed by atoms with Crippen LogP contribution in [-0.4, -0.2) is 0 Å². The van der Waals surface area contributed by atoms with Crippen LogP contribution in [0.5, 0.6) is 0 Å². The maximum atomic E-state index is 5.89. The predicted molar refractivity (Wildman–Crippen MR) is 106 cm³/mol. The summed E-state index contributed by atoms with van der Waals surface area (Å²) in [4.78, 5) is 0. The summed E-state index contributed by atoms with van der Waals surface area (Å²) in [6.45, 7) is 5.68. The maximum absolute atomic E-state index is 5.89. The van der Waals surface area contributed by atoms with E-state index >= 15 is 0 Å². The van der Waals surface area contributed by atoms with Gasteiger partial charge in [-0.2, -0.15) is 0 Å². The highest BCUT2D eigenvalue weighted by atomic mass is 14.5. The second-order valence-electron chi connectivity index (χ2n) is 7.11. The molecule has 2 nitrogen and oxygen atoms in total. The van der Waals surface area contributed by atoms with E-state index in [2.05, 4.69) is 80.6 Å². The highest BCUT2D eigenvalue weighted by Gasteiger charge is 2.29. The second-order valence-corrected chi connectivity index (χ2v) is 7.11. The Bertz CT molecular complexity index is 739. The van der Waals surface area contributed by atoms with Crippen LogP contribution in [0.4, 0.5) is 0 Å². The number of hydrogen-bond donors (Lipinski definition) is 2. The minimum atomic E-state index is 0.283. The molecule has 0 saturated carbocycles. The molecule has 2 aromatic carbocycles. The Labute approximate surface area is 151 Å². The van der Waals surface area contributed by atoms with Gasteiger partial charge in [0.2, 0.25) is 0 Å². The van der Waals surface area contributed by atoms with Crippen molar-refractivity contribution in [1.82, 2.24) is 0 Å². The summed E-state index contributed by atoms with van der Waals surface area (Å²) >= 11 is 0. The molecule has 0 amide bonds. The molecular weight excluding hydrogens is 304 g/mol. The lowest BCUT2D eigenvalue weighted by atomic mass is 9.75. The van der Waals surface area contributed by atoms with Crippen molar-refractivity contribution in [2.24, 2.45) is 23.3 Å². The van der Waals surface area contributed by atoms with Crippen molar-refractivity contribution in [3.05, 3.63) is 94.6 Å². The highest BCUT2D eigenvalue weighted by molar-refractivity contribution is 5.44. The van der Waals surface area contributed by atoms with Crippen molar-refractivity contribution >= 4 is 0 Å². The third kappa shape index (κ3) is 3.76. The second kappa shape index (κ2) is 7.81. The van der Waals surface area contributed by atoms with E-state index in [1.807, 2.05) is 0 Å². The third-order valence-electron chi connectivity index (χ3n) is 5.11. The molecule has 1 aliphatic rings. The standard InChI is InChI=1S/C23H28N2/c1-16(2)21-10-5-11-22(21)23(19-8-3-6-17(12-19)14-24)20-9-4-7-18(13-20)15-25/h3-13,16,22-23H,14-15,24-25H2,1-2H3. The minimum Gasteiger partial charge on any atom is -0.326 e. The van der Waals surface area contributed by atoms with Gasteiger partial charge in [0.05, 0.1) is 0 Å². The first-order chi connectivity index (χ1) is 12.1. The molecule has 2 aromatic rings. The van der Waals surface area contributed by atoms with Crippen LogP contribution < -0.4 is 11.5 Å². The van der Waals surface area contributed by atoms with Gasteiger partial charge in [-0.05, 0) is 28.2 Å². The Morgan fingerprint density at radius 2 is 1.44 bits per heavy atom. The van der Waals surface area contributed by atoms with Crippen LogP contribution in [0.3, 0.4) is 0 Å². The zero-order valence-electron chi connectivity index (χ0n) is 15.2. The van der Waals surface area contributed by atoms with Gasteiger partial charge in [0.1, 0.15) is 0 Å². The normalized spacial score (nSPS) is 16.7. The summed E-state index contributed by atoms with van der Waals surface area (Å²) < 4.78 is 0. The lowest BCUT2D eigenvalue weighted by Gasteiger charge is -2.29. The van der Waals surface area contributed by atoms with Crippen LogP contribution in [0.25, 0.3) is 0 Å². The van der Waals surface area contributed by atoms with Crippen LogP contribution >= 0.6 is 0 Å². The van der Waals surface area contributed by atoms with E-state index < -0.39 is 0 Å². The van der Waals surface area contributed by atoms with E-state index in [9.17, 15) is 0 Å². The van der Waals surface area contributed by atoms with E-state index in [1.165, 1.54) is 27.8 Å². The average Bonchev–Trinajstić information content (AvgIpc) is 3.12. The van der Waals surface area contributed by atoms with Crippen molar-refractivity contribution in [3.63, 3.8) is 0 Å². The Morgan fingerprint density at radius 1 is 0.880 bits per heavy atom. The largest absolute Gasteiger partial charge is 0.326 e. The van der Waals surface area contributed by atoms with Crippen LogP contribution in [0, 0.1) is 11.8 Å². The summed E-state index contributed by atoms with van der Waals surface area (Å²) in [5.74, 6) is 1.18. The average molecular weight is 332 g/mol. The Hall–Kier alpha value is -2.16. The lowest BCUT2D eigenvalue weighted by Crippen LogP contribution is -2.17. The molecule has 3 rings (SSSR count). The first-order valence-corrected chi connectivity index (χ1v) is 9.10. The first kappa shape index (κ1) is 17.7. The van der Waals surface area contributed by atoms with Gasteiger partial charge in [-0.1, -0.05) is 86.2 Å². The molecule has 0 aromatic heterocycles. The summed E-state index contributed by atoms with van der Waals surface area (Å²) in [7, 11) is 0. The molecule has 1 aliphatic carbocycles. The fraction of sp³-hybridized carbons (Fsp3) is 0.304. The van der Waals surface area contributed by atoms with Crippen molar-refractivity contribution in [2.45, 2.75) is 32.9 Å². The SMILES string of the molecule is CC(C)C1=CC=CC1C(c1cccc(CN)c1)c1cccc(CN)c1. The van der Waals surface area contributed by atoms with E-state index in [1.54, 1.807) is 0 Å². The molecule has 0 heterocycles. The molecule has 0 aliphatic heterocycles. The molecule has 0 radical (unpaired) electrons. The maximum Gasteiger partial charge on any atom is 0.0190 e. The highest BCUT2D eigenvalue weighted by Crippen LogP contribution is 2.42. The van der Waals surface area contributed by atoms with Crippen molar-refractivity contribution in [3.8, 4) is 0 Å². The first-order valence-electron chi connectivity index (χ1n) is 9.10. The summed E-state index contributed by atoms with van der Waals surface area (Å²) in [5, 5.41) is 0. The molecule has 2 heteroatoms. The number of rotatable bonds is 6. The van der Waals surface area contributed by atoms with Gasteiger partial charge in [0, 0.05) is 24.9 Å². The number of nitrogens with two attached hydrogens (primary N) is 2. The fourth-order valence-electron chi connectivity index (χ4n) is 3.82. The van der Waals surface area contributed by atoms with Gasteiger partial charge in [0.25, 0.3) is 0 Å². The molecule has 25 heavy (non-hydrogen) atoms. The van der Waals surface area contributed by atoms with Crippen molar-refractivity contribution < 1.29 is 0 Å². The van der Waals surface area contributed by atoms with Gasteiger partial charge >= 0.3 is 0 Å². The van der Waals surface area contributed by atoms with Crippen LogP contribution in [0.1, 0.15) is 42.0 Å². The predicted octanol–water partition coefficient (Wildman–Crippen LogP) is 4.50. The number of hydrogen-bond acceptors (Lipinski definition) is 2. The van der Waals surface area contributed by atoms with E-state index in [0.29, 0.717) is 24.9 Å². The summed E-state index contributed by atoms with van der Waals surface area (Å²) in [6.07, 6.45) is 6.82. The fourth-order valence-corrected chi connectivity index (χ4v) is 3.82. The van der Waals surface area contributed by atoms with Gasteiger partial charge in [0.15, 0.2) is 0 Å². The molecule has 0 spiro atoms. The molecule has 0 bridgehead atoms. The Balaban J connectivity index is 2.11. The molecule has 130 valence electrons.